The van der Waals surface area contributed by atoms with Gasteiger partial charge in [-0.2, -0.15) is 0 Å². The van der Waals surface area contributed by atoms with Gasteiger partial charge in [0, 0.05) is 19.1 Å². The molecule has 122 valence electrons. The number of benzene rings is 1. The van der Waals surface area contributed by atoms with Gasteiger partial charge < -0.3 is 9.57 Å². The Balaban J connectivity index is 2.49. The molecule has 0 amide bonds. The molecule has 1 aliphatic heterocycles. The van der Waals surface area contributed by atoms with E-state index in [2.05, 4.69) is 5.16 Å². The summed E-state index contributed by atoms with van der Waals surface area (Å²) >= 11 is 0. The highest BCUT2D eigenvalue weighted by molar-refractivity contribution is 8.06. The van der Waals surface area contributed by atoms with E-state index in [0.717, 1.165) is 12.1 Å². The van der Waals surface area contributed by atoms with Crippen LogP contribution in [0.4, 0.5) is 8.78 Å². The van der Waals surface area contributed by atoms with E-state index in [-0.39, 0.29) is 18.1 Å². The molecule has 0 bridgehead atoms. The summed E-state index contributed by atoms with van der Waals surface area (Å²) in [5.41, 5.74) is -1.31. The van der Waals surface area contributed by atoms with E-state index in [4.69, 9.17) is 9.57 Å². The second kappa shape index (κ2) is 5.92. The normalized spacial score (nSPS) is 18.7. The topological polar surface area (TPSA) is 65.0 Å². The molecule has 1 atom stereocenters. The van der Waals surface area contributed by atoms with Crippen LogP contribution < -0.4 is 0 Å². The van der Waals surface area contributed by atoms with Crippen LogP contribution in [0, 0.1) is 11.6 Å². The molecule has 1 aliphatic rings. The van der Waals surface area contributed by atoms with Crippen molar-refractivity contribution in [3.05, 3.63) is 35.4 Å². The van der Waals surface area contributed by atoms with Crippen molar-refractivity contribution in [2.24, 2.45) is 5.16 Å². The van der Waals surface area contributed by atoms with E-state index >= 15 is 0 Å². The van der Waals surface area contributed by atoms with Crippen LogP contribution in [0.3, 0.4) is 0 Å². The zero-order valence-corrected chi connectivity index (χ0v) is 13.3. The van der Waals surface area contributed by atoms with E-state index in [1.54, 1.807) is 13.8 Å². The van der Waals surface area contributed by atoms with Crippen LogP contribution in [0.5, 0.6) is 0 Å². The summed E-state index contributed by atoms with van der Waals surface area (Å²) in [6.45, 7) is 2.96. The van der Waals surface area contributed by atoms with Crippen molar-refractivity contribution in [3.63, 3.8) is 0 Å². The van der Waals surface area contributed by atoms with Crippen LogP contribution in [0.2, 0.25) is 0 Å². The van der Waals surface area contributed by atoms with Crippen molar-refractivity contribution in [3.8, 4) is 0 Å². The number of methoxy groups -OCH3 is 1. The first-order chi connectivity index (χ1) is 10.2. The molecule has 22 heavy (non-hydrogen) atoms. The molecule has 0 saturated heterocycles. The van der Waals surface area contributed by atoms with Gasteiger partial charge in [0.2, 0.25) is 9.84 Å². The van der Waals surface area contributed by atoms with Gasteiger partial charge in [0.15, 0.2) is 5.04 Å². The standard InChI is InChI=1S/C14H17F2NO4S/c1-14(2)7-12(17-21-14)22(18,19)11(8-20-3)13-9(15)5-4-6-10(13)16/h4-6,11H,7-8H2,1-3H3. The zero-order chi connectivity index (χ0) is 16.5. The summed E-state index contributed by atoms with van der Waals surface area (Å²) in [5.74, 6) is -1.88. The lowest BCUT2D eigenvalue weighted by molar-refractivity contribution is 0.0123. The third-order valence-corrected chi connectivity index (χ3v) is 5.31. The van der Waals surface area contributed by atoms with Crippen LogP contribution in [0.1, 0.15) is 31.1 Å². The Labute approximate surface area is 127 Å². The molecule has 0 fully saturated rings. The predicted molar refractivity (Wildman–Crippen MR) is 77.1 cm³/mol. The van der Waals surface area contributed by atoms with Crippen LogP contribution in [0.15, 0.2) is 23.4 Å². The average Bonchev–Trinajstić information content (AvgIpc) is 2.78. The number of ether oxygens (including phenoxy) is 1. The first kappa shape index (κ1) is 16.8. The molecule has 0 spiro atoms. The molecule has 1 aromatic carbocycles. The SMILES string of the molecule is COCC(c1c(F)cccc1F)S(=O)(=O)C1=NOC(C)(C)C1. The fourth-order valence-electron chi connectivity index (χ4n) is 2.22. The summed E-state index contributed by atoms with van der Waals surface area (Å²) in [5, 5.41) is 1.82. The Hall–Kier alpha value is -1.54. The molecule has 0 aromatic heterocycles. The fourth-order valence-corrected chi connectivity index (χ4v) is 4.09. The Morgan fingerprint density at radius 2 is 1.95 bits per heavy atom. The Bertz CT molecular complexity index is 681. The van der Waals surface area contributed by atoms with Gasteiger partial charge in [0.25, 0.3) is 0 Å². The predicted octanol–water partition coefficient (Wildman–Crippen LogP) is 2.58. The Kier molecular flexibility index (Phi) is 4.53. The maximum Gasteiger partial charge on any atom is 0.204 e. The van der Waals surface area contributed by atoms with E-state index in [1.165, 1.54) is 13.2 Å². The highest BCUT2D eigenvalue weighted by Crippen LogP contribution is 2.34. The van der Waals surface area contributed by atoms with Gasteiger partial charge in [-0.15, -0.1) is 0 Å². The number of rotatable bonds is 4. The smallest absolute Gasteiger partial charge is 0.204 e. The lowest BCUT2D eigenvalue weighted by Crippen LogP contribution is -2.29. The van der Waals surface area contributed by atoms with Gasteiger partial charge in [0.05, 0.1) is 6.61 Å². The third kappa shape index (κ3) is 3.12. The van der Waals surface area contributed by atoms with Gasteiger partial charge in [-0.25, -0.2) is 17.2 Å². The Morgan fingerprint density at radius 3 is 2.41 bits per heavy atom. The molecule has 8 heteroatoms. The molecule has 0 radical (unpaired) electrons. The molecule has 0 N–H and O–H groups in total. The van der Waals surface area contributed by atoms with Crippen molar-refractivity contribution >= 4 is 14.9 Å². The molecule has 0 saturated carbocycles. The van der Waals surface area contributed by atoms with Crippen LogP contribution in [-0.2, 0) is 19.4 Å². The Morgan fingerprint density at radius 1 is 1.36 bits per heavy atom. The highest BCUT2D eigenvalue weighted by atomic mass is 32.2. The van der Waals surface area contributed by atoms with Crippen molar-refractivity contribution in [1.82, 2.24) is 0 Å². The second-order valence-electron chi connectivity index (χ2n) is 5.64. The molecule has 5 nitrogen and oxygen atoms in total. The van der Waals surface area contributed by atoms with Gasteiger partial charge in [0.1, 0.15) is 22.5 Å². The summed E-state index contributed by atoms with van der Waals surface area (Å²) in [6.07, 6.45) is 0.0334. The number of oxime groups is 1. The van der Waals surface area contributed by atoms with E-state index in [9.17, 15) is 17.2 Å². The second-order valence-corrected chi connectivity index (χ2v) is 7.77. The van der Waals surface area contributed by atoms with Crippen molar-refractivity contribution < 1.29 is 26.8 Å². The largest absolute Gasteiger partial charge is 0.389 e. The lowest BCUT2D eigenvalue weighted by atomic mass is 10.1. The average molecular weight is 333 g/mol. The molecule has 0 aliphatic carbocycles. The van der Waals surface area contributed by atoms with Crippen molar-refractivity contribution in [2.75, 3.05) is 13.7 Å². The minimum absolute atomic E-state index is 0.0334. The number of halogens is 2. The molecule has 1 unspecified atom stereocenters. The fraction of sp³-hybridized carbons (Fsp3) is 0.500. The summed E-state index contributed by atoms with van der Waals surface area (Å²) in [6, 6.07) is 3.19. The van der Waals surface area contributed by atoms with E-state index in [0.29, 0.717) is 0 Å². The molecule has 2 rings (SSSR count). The van der Waals surface area contributed by atoms with Gasteiger partial charge in [-0.1, -0.05) is 11.2 Å². The van der Waals surface area contributed by atoms with Crippen LogP contribution in [-0.4, -0.2) is 32.8 Å². The minimum atomic E-state index is -4.11. The molecular formula is C14H17F2NO4S. The zero-order valence-electron chi connectivity index (χ0n) is 12.5. The maximum absolute atomic E-state index is 14.0. The maximum atomic E-state index is 14.0. The molecule has 1 heterocycles. The van der Waals surface area contributed by atoms with Gasteiger partial charge >= 0.3 is 0 Å². The van der Waals surface area contributed by atoms with Crippen molar-refractivity contribution in [1.29, 1.82) is 0 Å². The van der Waals surface area contributed by atoms with Gasteiger partial charge in [-0.05, 0) is 26.0 Å². The van der Waals surface area contributed by atoms with Crippen LogP contribution >= 0.6 is 0 Å². The third-order valence-electron chi connectivity index (χ3n) is 3.31. The first-order valence-electron chi connectivity index (χ1n) is 6.61. The van der Waals surface area contributed by atoms with Crippen LogP contribution in [0.25, 0.3) is 0 Å². The first-order valence-corrected chi connectivity index (χ1v) is 8.15. The summed E-state index contributed by atoms with van der Waals surface area (Å²) < 4.78 is 58.2. The molecular weight excluding hydrogens is 316 g/mol. The highest BCUT2D eigenvalue weighted by Gasteiger charge is 2.42. The minimum Gasteiger partial charge on any atom is -0.389 e. The monoisotopic (exact) mass is 333 g/mol. The lowest BCUT2D eigenvalue weighted by Gasteiger charge is -2.19. The summed E-state index contributed by atoms with van der Waals surface area (Å²) in [4.78, 5) is 5.04. The number of hydrogen-bond acceptors (Lipinski definition) is 5. The quantitative estimate of drug-likeness (QED) is 0.849. The van der Waals surface area contributed by atoms with Crippen molar-refractivity contribution in [2.45, 2.75) is 31.1 Å². The van der Waals surface area contributed by atoms with Gasteiger partial charge in [-0.3, -0.25) is 0 Å². The summed E-state index contributed by atoms with van der Waals surface area (Å²) in [7, 11) is -2.85. The van der Waals surface area contributed by atoms with E-state index < -0.39 is 37.9 Å². The number of nitrogens with zero attached hydrogens (tertiary/aromatic N) is 1. The van der Waals surface area contributed by atoms with E-state index in [1.807, 2.05) is 0 Å². The number of hydrogen-bond donors (Lipinski definition) is 0. The number of sulfone groups is 1. The molecule has 1 aromatic rings.